The highest BCUT2D eigenvalue weighted by Gasteiger charge is 2.21. The van der Waals surface area contributed by atoms with Gasteiger partial charge in [-0.25, -0.2) is 13.5 Å². The second-order valence-electron chi connectivity index (χ2n) is 6.26. The lowest BCUT2D eigenvalue weighted by Crippen LogP contribution is -2.27. The summed E-state index contributed by atoms with van der Waals surface area (Å²) in [4.78, 5) is 25.8. The monoisotopic (exact) mass is 403 g/mol. The molecular formula is C20H19F2N3O2S. The topological polar surface area (TPSA) is 56.0 Å². The van der Waals surface area contributed by atoms with Gasteiger partial charge in [0.15, 0.2) is 11.6 Å². The maximum absolute atomic E-state index is 13.4. The van der Waals surface area contributed by atoms with Crippen LogP contribution in [0.2, 0.25) is 0 Å². The van der Waals surface area contributed by atoms with Crippen LogP contribution in [0, 0.1) is 18.6 Å². The largest absolute Gasteiger partial charge is 0.319 e. The number of carbonyl (C=O) groups excluding carboxylic acids is 1. The molecule has 1 N–H and O–H groups in total. The number of nitrogens with zero attached hydrogens (tertiary/aromatic N) is 2. The summed E-state index contributed by atoms with van der Waals surface area (Å²) in [6, 6.07) is 12.6. The quantitative estimate of drug-likeness (QED) is 0.658. The Morgan fingerprint density at radius 3 is 2.43 bits per heavy atom. The summed E-state index contributed by atoms with van der Waals surface area (Å²) >= 11 is 1.08. The number of carbonyl (C=O) groups is 1. The molecule has 1 aromatic heterocycles. The van der Waals surface area contributed by atoms with Crippen molar-refractivity contribution in [3.05, 3.63) is 76.2 Å². The van der Waals surface area contributed by atoms with E-state index in [2.05, 4.69) is 5.32 Å². The molecule has 0 saturated heterocycles. The molecule has 1 amide bonds. The molecule has 3 aromatic rings. The zero-order valence-corrected chi connectivity index (χ0v) is 16.4. The highest BCUT2D eigenvalue weighted by Crippen LogP contribution is 2.26. The molecule has 1 heterocycles. The first-order valence-corrected chi connectivity index (χ1v) is 9.44. The number of para-hydroxylation sites is 1. The zero-order valence-electron chi connectivity index (χ0n) is 15.6. The van der Waals surface area contributed by atoms with Gasteiger partial charge in [-0.15, -0.1) is 11.8 Å². The zero-order chi connectivity index (χ0) is 20.4. The third-order valence-electron chi connectivity index (χ3n) is 4.38. The van der Waals surface area contributed by atoms with Crippen LogP contribution in [0.1, 0.15) is 12.6 Å². The summed E-state index contributed by atoms with van der Waals surface area (Å²) in [5.74, 6) is -2.31. The van der Waals surface area contributed by atoms with E-state index in [-0.39, 0.29) is 11.2 Å². The Bertz CT molecular complexity index is 1080. The lowest BCUT2D eigenvalue weighted by Gasteiger charge is -2.11. The number of benzene rings is 2. The van der Waals surface area contributed by atoms with E-state index in [1.54, 1.807) is 37.7 Å². The smallest absolute Gasteiger partial charge is 0.295 e. The van der Waals surface area contributed by atoms with Gasteiger partial charge in [-0.1, -0.05) is 18.2 Å². The van der Waals surface area contributed by atoms with Gasteiger partial charge in [-0.2, -0.15) is 0 Å². The molecule has 0 aliphatic heterocycles. The van der Waals surface area contributed by atoms with Crippen molar-refractivity contribution >= 4 is 23.4 Å². The Morgan fingerprint density at radius 1 is 1.11 bits per heavy atom. The van der Waals surface area contributed by atoms with E-state index in [9.17, 15) is 18.4 Å². The third-order valence-corrected chi connectivity index (χ3v) is 5.47. The molecule has 5 nitrogen and oxygen atoms in total. The molecule has 3 rings (SSSR count). The molecule has 0 fully saturated rings. The number of nitrogens with one attached hydrogen (secondary N) is 1. The van der Waals surface area contributed by atoms with Crippen molar-refractivity contribution in [1.29, 1.82) is 0 Å². The number of halogens is 2. The fourth-order valence-corrected chi connectivity index (χ4v) is 3.64. The summed E-state index contributed by atoms with van der Waals surface area (Å²) in [6.07, 6.45) is 0. The van der Waals surface area contributed by atoms with Crippen LogP contribution < -0.4 is 10.9 Å². The van der Waals surface area contributed by atoms with Gasteiger partial charge in [0.25, 0.3) is 5.56 Å². The fraction of sp³-hybridized carbons (Fsp3) is 0.200. The molecule has 2 aromatic carbocycles. The first-order chi connectivity index (χ1) is 13.3. The molecule has 0 radical (unpaired) electrons. The number of aromatic nitrogens is 2. The van der Waals surface area contributed by atoms with Gasteiger partial charge in [0.2, 0.25) is 5.91 Å². The lowest BCUT2D eigenvalue weighted by molar-refractivity contribution is -0.115. The minimum absolute atomic E-state index is 0.189. The van der Waals surface area contributed by atoms with E-state index < -0.39 is 22.8 Å². The summed E-state index contributed by atoms with van der Waals surface area (Å²) in [7, 11) is 1.73. The molecule has 0 aliphatic carbocycles. The van der Waals surface area contributed by atoms with E-state index in [1.165, 1.54) is 10.7 Å². The standard InChI is InChI=1S/C20H19F2N3O2S/c1-12-18(20(27)25(24(12)3)14-7-5-4-6-8-14)23-19(26)13(2)28-15-9-10-16(21)17(22)11-15/h4-11,13H,1-3H3,(H,23,26)/t13-/m0/s1. The van der Waals surface area contributed by atoms with Gasteiger partial charge in [0.1, 0.15) is 5.69 Å². The van der Waals surface area contributed by atoms with Crippen LogP contribution >= 0.6 is 11.8 Å². The fourth-order valence-electron chi connectivity index (χ4n) is 2.74. The average molecular weight is 403 g/mol. The molecule has 8 heteroatoms. The van der Waals surface area contributed by atoms with Crippen molar-refractivity contribution in [3.63, 3.8) is 0 Å². The van der Waals surface area contributed by atoms with E-state index in [4.69, 9.17) is 0 Å². The molecule has 0 spiro atoms. The Hall–Kier alpha value is -2.87. The predicted octanol–water partition coefficient (Wildman–Crippen LogP) is 3.88. The third kappa shape index (κ3) is 3.87. The van der Waals surface area contributed by atoms with Crippen LogP contribution in [-0.4, -0.2) is 20.5 Å². The molecular weight excluding hydrogens is 384 g/mol. The Balaban J connectivity index is 1.82. The Kier molecular flexibility index (Phi) is 5.69. The second-order valence-corrected chi connectivity index (χ2v) is 7.68. The normalized spacial score (nSPS) is 12.0. The second kappa shape index (κ2) is 8.02. The molecule has 0 aliphatic rings. The molecule has 0 saturated carbocycles. The van der Waals surface area contributed by atoms with Crippen LogP contribution in [0.25, 0.3) is 5.69 Å². The number of anilines is 1. The Morgan fingerprint density at radius 2 is 1.79 bits per heavy atom. The molecule has 28 heavy (non-hydrogen) atoms. The first kappa shape index (κ1) is 19.9. The van der Waals surface area contributed by atoms with E-state index in [0.29, 0.717) is 16.3 Å². The number of hydrogen-bond acceptors (Lipinski definition) is 3. The van der Waals surface area contributed by atoms with Gasteiger partial charge in [-0.3, -0.25) is 14.3 Å². The SMILES string of the molecule is Cc1c(NC(=O)[C@H](C)Sc2ccc(F)c(F)c2)c(=O)n(-c2ccccc2)n1C. The summed E-state index contributed by atoms with van der Waals surface area (Å²) in [6.45, 7) is 3.37. The van der Waals surface area contributed by atoms with Crippen molar-refractivity contribution < 1.29 is 13.6 Å². The molecule has 1 atom stereocenters. The van der Waals surface area contributed by atoms with Gasteiger partial charge < -0.3 is 5.32 Å². The summed E-state index contributed by atoms with van der Waals surface area (Å²) < 4.78 is 29.5. The number of amides is 1. The van der Waals surface area contributed by atoms with E-state index in [1.807, 2.05) is 18.2 Å². The van der Waals surface area contributed by atoms with Crippen LogP contribution in [-0.2, 0) is 11.8 Å². The number of thioether (sulfide) groups is 1. The van der Waals surface area contributed by atoms with Gasteiger partial charge in [0.05, 0.1) is 16.6 Å². The number of hydrogen-bond donors (Lipinski definition) is 1. The average Bonchev–Trinajstić information content (AvgIpc) is 2.88. The van der Waals surface area contributed by atoms with Gasteiger partial charge in [-0.05, 0) is 44.2 Å². The van der Waals surface area contributed by atoms with Crippen molar-refractivity contribution in [2.75, 3.05) is 5.32 Å². The van der Waals surface area contributed by atoms with Crippen LogP contribution in [0.15, 0.2) is 58.2 Å². The van der Waals surface area contributed by atoms with Crippen LogP contribution in [0.3, 0.4) is 0 Å². The van der Waals surface area contributed by atoms with Crippen LogP contribution in [0.5, 0.6) is 0 Å². The van der Waals surface area contributed by atoms with Crippen molar-refractivity contribution in [2.45, 2.75) is 24.0 Å². The maximum atomic E-state index is 13.4. The van der Waals surface area contributed by atoms with Crippen molar-refractivity contribution in [2.24, 2.45) is 7.05 Å². The molecule has 0 unspecified atom stereocenters. The maximum Gasteiger partial charge on any atom is 0.295 e. The van der Waals surface area contributed by atoms with Crippen molar-refractivity contribution in [3.8, 4) is 5.69 Å². The molecule has 0 bridgehead atoms. The van der Waals surface area contributed by atoms with Gasteiger partial charge >= 0.3 is 0 Å². The summed E-state index contributed by atoms with van der Waals surface area (Å²) in [5, 5.41) is 2.06. The van der Waals surface area contributed by atoms with Crippen LogP contribution in [0.4, 0.5) is 14.5 Å². The first-order valence-electron chi connectivity index (χ1n) is 8.56. The van der Waals surface area contributed by atoms with E-state index >= 15 is 0 Å². The predicted molar refractivity (Wildman–Crippen MR) is 106 cm³/mol. The lowest BCUT2D eigenvalue weighted by atomic mass is 10.3. The highest BCUT2D eigenvalue weighted by atomic mass is 32.2. The minimum Gasteiger partial charge on any atom is -0.319 e. The van der Waals surface area contributed by atoms with Crippen molar-refractivity contribution in [1.82, 2.24) is 9.36 Å². The number of rotatable bonds is 5. The Labute approximate surface area is 165 Å². The summed E-state index contributed by atoms with van der Waals surface area (Å²) in [5.41, 5.74) is 1.13. The van der Waals surface area contributed by atoms with E-state index in [0.717, 1.165) is 23.9 Å². The molecule has 146 valence electrons. The van der Waals surface area contributed by atoms with Gasteiger partial charge in [0, 0.05) is 11.9 Å². The highest BCUT2D eigenvalue weighted by molar-refractivity contribution is 8.00. The minimum atomic E-state index is -0.970.